The standard InChI is InChI=1S/C17H13N5O6S/c18-29(25,26)12-4-1-10(2-5-12)14-6-3-11(28-14)7-13-16(23)22(17(24)20-13)8-15-21-19-9-27-15/h1-7,9H,8H2,(H,20,24)(H2,18,25,26)/b13-7+. The Morgan fingerprint density at radius 3 is 2.55 bits per heavy atom. The molecule has 4 rings (SSSR count). The number of amides is 3. The summed E-state index contributed by atoms with van der Waals surface area (Å²) < 4.78 is 33.3. The summed E-state index contributed by atoms with van der Waals surface area (Å²) in [5.74, 6) is 0.317. The van der Waals surface area contributed by atoms with Gasteiger partial charge in [0, 0.05) is 11.6 Å². The fourth-order valence-corrected chi connectivity index (χ4v) is 3.17. The quantitative estimate of drug-likeness (QED) is 0.462. The molecule has 3 N–H and O–H groups in total. The SMILES string of the molecule is NS(=O)(=O)c1ccc(-c2ccc(/C=C3/NC(=O)N(Cc4nnco4)C3=O)o2)cc1. The van der Waals surface area contributed by atoms with Crippen molar-refractivity contribution in [2.24, 2.45) is 5.14 Å². The monoisotopic (exact) mass is 415 g/mol. The number of hydrogen-bond donors (Lipinski definition) is 2. The van der Waals surface area contributed by atoms with Crippen molar-refractivity contribution in [3.8, 4) is 11.3 Å². The van der Waals surface area contributed by atoms with Crippen LogP contribution in [0.15, 0.2) is 62.2 Å². The molecule has 1 aliphatic heterocycles. The Morgan fingerprint density at radius 2 is 1.90 bits per heavy atom. The second-order valence-electron chi connectivity index (χ2n) is 5.98. The number of furan rings is 1. The van der Waals surface area contributed by atoms with Gasteiger partial charge in [0.25, 0.3) is 5.91 Å². The molecule has 0 unspecified atom stereocenters. The van der Waals surface area contributed by atoms with Crippen LogP contribution in [0.4, 0.5) is 4.79 Å². The van der Waals surface area contributed by atoms with Crippen molar-refractivity contribution in [1.29, 1.82) is 0 Å². The minimum atomic E-state index is -3.79. The zero-order valence-electron chi connectivity index (χ0n) is 14.6. The van der Waals surface area contributed by atoms with Crippen LogP contribution in [0.1, 0.15) is 11.7 Å². The largest absolute Gasteiger partial charge is 0.457 e. The average Bonchev–Trinajstić information content (AvgIpc) is 3.40. The van der Waals surface area contributed by atoms with Crippen molar-refractivity contribution >= 4 is 28.0 Å². The van der Waals surface area contributed by atoms with Gasteiger partial charge in [-0.2, -0.15) is 0 Å². The third-order valence-electron chi connectivity index (χ3n) is 4.04. The van der Waals surface area contributed by atoms with Crippen LogP contribution in [-0.4, -0.2) is 35.5 Å². The highest BCUT2D eigenvalue weighted by Crippen LogP contribution is 2.25. The normalized spacial score (nSPS) is 15.9. The maximum atomic E-state index is 12.4. The average molecular weight is 415 g/mol. The molecule has 29 heavy (non-hydrogen) atoms. The molecule has 11 nitrogen and oxygen atoms in total. The summed E-state index contributed by atoms with van der Waals surface area (Å²) in [5.41, 5.74) is 0.641. The van der Waals surface area contributed by atoms with Crippen molar-refractivity contribution in [3.05, 3.63) is 60.1 Å². The number of primary sulfonamides is 1. The number of aromatic nitrogens is 2. The Hall–Kier alpha value is -3.77. The summed E-state index contributed by atoms with van der Waals surface area (Å²) in [5, 5.41) is 14.7. The second-order valence-corrected chi connectivity index (χ2v) is 7.54. The fourth-order valence-electron chi connectivity index (χ4n) is 2.65. The first-order valence-corrected chi connectivity index (χ1v) is 9.68. The molecule has 12 heteroatoms. The van der Waals surface area contributed by atoms with Crippen LogP contribution in [0.25, 0.3) is 17.4 Å². The highest BCUT2D eigenvalue weighted by molar-refractivity contribution is 7.89. The van der Waals surface area contributed by atoms with E-state index in [0.717, 1.165) is 11.3 Å². The van der Waals surface area contributed by atoms with E-state index in [1.54, 1.807) is 24.3 Å². The predicted molar refractivity (Wildman–Crippen MR) is 96.9 cm³/mol. The Kier molecular flexibility index (Phi) is 4.48. The molecule has 0 aliphatic carbocycles. The summed E-state index contributed by atoms with van der Waals surface area (Å²) in [6, 6.07) is 8.45. The molecule has 0 atom stereocenters. The molecule has 2 aromatic heterocycles. The topological polar surface area (TPSA) is 162 Å². The van der Waals surface area contributed by atoms with Gasteiger partial charge in [-0.05, 0) is 36.4 Å². The molecule has 3 heterocycles. The lowest BCUT2D eigenvalue weighted by Gasteiger charge is -2.07. The molecule has 1 fully saturated rings. The smallest absolute Gasteiger partial charge is 0.329 e. The van der Waals surface area contributed by atoms with E-state index in [1.807, 2.05) is 0 Å². The van der Waals surface area contributed by atoms with E-state index in [0.29, 0.717) is 17.1 Å². The number of sulfonamides is 1. The van der Waals surface area contributed by atoms with Gasteiger partial charge in [0.05, 0.1) is 4.90 Å². The number of nitrogens with two attached hydrogens (primary N) is 1. The number of imide groups is 1. The molecule has 1 saturated heterocycles. The lowest BCUT2D eigenvalue weighted by Crippen LogP contribution is -2.30. The van der Waals surface area contributed by atoms with Gasteiger partial charge in [-0.3, -0.25) is 4.79 Å². The van der Waals surface area contributed by atoms with E-state index >= 15 is 0 Å². The third-order valence-corrected chi connectivity index (χ3v) is 4.97. The number of hydrogen-bond acceptors (Lipinski definition) is 8. The van der Waals surface area contributed by atoms with E-state index in [1.165, 1.54) is 18.2 Å². The number of carbonyl (C=O) groups excluding carboxylic acids is 2. The number of nitrogens with one attached hydrogen (secondary N) is 1. The lowest BCUT2D eigenvalue weighted by atomic mass is 10.2. The van der Waals surface area contributed by atoms with Gasteiger partial charge in [0.2, 0.25) is 22.3 Å². The van der Waals surface area contributed by atoms with Crippen LogP contribution >= 0.6 is 0 Å². The zero-order valence-corrected chi connectivity index (χ0v) is 15.4. The van der Waals surface area contributed by atoms with Crippen molar-refractivity contribution in [2.75, 3.05) is 0 Å². The van der Waals surface area contributed by atoms with Crippen molar-refractivity contribution < 1.29 is 26.8 Å². The second kappa shape index (κ2) is 7.00. The van der Waals surface area contributed by atoms with E-state index in [9.17, 15) is 18.0 Å². The third kappa shape index (κ3) is 3.79. The summed E-state index contributed by atoms with van der Waals surface area (Å²) in [4.78, 5) is 25.4. The molecule has 3 amide bonds. The van der Waals surface area contributed by atoms with Crippen molar-refractivity contribution in [3.63, 3.8) is 0 Å². The molecule has 0 bridgehead atoms. The van der Waals surface area contributed by atoms with Crippen molar-refractivity contribution in [1.82, 2.24) is 20.4 Å². The Bertz CT molecular complexity index is 1210. The summed E-state index contributed by atoms with van der Waals surface area (Å²) in [7, 11) is -3.79. The molecular weight excluding hydrogens is 402 g/mol. The number of carbonyl (C=O) groups is 2. The maximum absolute atomic E-state index is 12.4. The first-order valence-electron chi connectivity index (χ1n) is 8.14. The van der Waals surface area contributed by atoms with E-state index in [4.69, 9.17) is 14.0 Å². The van der Waals surface area contributed by atoms with Gasteiger partial charge < -0.3 is 14.2 Å². The lowest BCUT2D eigenvalue weighted by molar-refractivity contribution is -0.123. The molecule has 148 valence electrons. The van der Waals surface area contributed by atoms with Gasteiger partial charge in [-0.25, -0.2) is 23.3 Å². The summed E-state index contributed by atoms with van der Waals surface area (Å²) >= 11 is 0. The highest BCUT2D eigenvalue weighted by atomic mass is 32.2. The molecule has 0 radical (unpaired) electrons. The molecule has 0 spiro atoms. The minimum Gasteiger partial charge on any atom is -0.457 e. The van der Waals surface area contributed by atoms with Crippen LogP contribution in [-0.2, 0) is 21.4 Å². The fraction of sp³-hybridized carbons (Fsp3) is 0.0588. The van der Waals surface area contributed by atoms with Crippen LogP contribution in [0.3, 0.4) is 0 Å². The first-order chi connectivity index (χ1) is 13.8. The van der Waals surface area contributed by atoms with Gasteiger partial charge in [0.1, 0.15) is 23.8 Å². The van der Waals surface area contributed by atoms with Gasteiger partial charge in [-0.15, -0.1) is 10.2 Å². The van der Waals surface area contributed by atoms with E-state index < -0.39 is 22.0 Å². The molecular formula is C17H13N5O6S. The minimum absolute atomic E-state index is 0.0178. The van der Waals surface area contributed by atoms with Gasteiger partial charge >= 0.3 is 6.03 Å². The van der Waals surface area contributed by atoms with Crippen LogP contribution in [0.2, 0.25) is 0 Å². The molecule has 0 saturated carbocycles. The Balaban J connectivity index is 1.53. The molecule has 1 aromatic carbocycles. The maximum Gasteiger partial charge on any atom is 0.329 e. The summed E-state index contributed by atoms with van der Waals surface area (Å²) in [6.45, 7) is -0.151. The Labute approximate surface area is 163 Å². The molecule has 1 aliphatic rings. The van der Waals surface area contributed by atoms with Gasteiger partial charge in [0.15, 0.2) is 0 Å². The van der Waals surface area contributed by atoms with Crippen LogP contribution in [0, 0.1) is 0 Å². The highest BCUT2D eigenvalue weighted by Gasteiger charge is 2.34. The molecule has 3 aromatic rings. The number of benzene rings is 1. The number of rotatable bonds is 5. The van der Waals surface area contributed by atoms with Crippen LogP contribution in [0.5, 0.6) is 0 Å². The number of urea groups is 1. The van der Waals surface area contributed by atoms with Gasteiger partial charge in [-0.1, -0.05) is 0 Å². The summed E-state index contributed by atoms with van der Waals surface area (Å²) in [6.07, 6.45) is 2.49. The first kappa shape index (κ1) is 18.6. The number of nitrogens with zero attached hydrogens (tertiary/aromatic N) is 3. The Morgan fingerprint density at radius 1 is 1.14 bits per heavy atom. The van der Waals surface area contributed by atoms with Crippen LogP contribution < -0.4 is 10.5 Å². The van der Waals surface area contributed by atoms with Crippen molar-refractivity contribution in [2.45, 2.75) is 11.4 Å². The predicted octanol–water partition coefficient (Wildman–Crippen LogP) is 1.07. The zero-order chi connectivity index (χ0) is 20.6. The van der Waals surface area contributed by atoms with E-state index in [2.05, 4.69) is 15.5 Å². The van der Waals surface area contributed by atoms with E-state index in [-0.39, 0.29) is 23.0 Å².